The Hall–Kier alpha value is -2.90. The van der Waals surface area contributed by atoms with Crippen LogP contribution in [0.25, 0.3) is 10.8 Å². The normalized spacial score (nSPS) is 14.9. The van der Waals surface area contributed by atoms with E-state index in [1.165, 1.54) is 0 Å². The van der Waals surface area contributed by atoms with Crippen molar-refractivity contribution in [2.75, 3.05) is 45.3 Å². The number of fused-ring (bicyclic) bond motifs is 1. The van der Waals surface area contributed by atoms with E-state index in [1.807, 2.05) is 41.2 Å². The molecule has 1 aromatic heterocycles. The summed E-state index contributed by atoms with van der Waals surface area (Å²) in [7, 11) is 1.63. The van der Waals surface area contributed by atoms with Gasteiger partial charge in [0.25, 0.3) is 5.91 Å². The number of benzene rings is 2. The van der Waals surface area contributed by atoms with Gasteiger partial charge in [-0.3, -0.25) is 14.4 Å². The molecule has 2 aromatic carbocycles. The fraction of sp³-hybridized carbons (Fsp3) is 0.333. The van der Waals surface area contributed by atoms with E-state index in [1.54, 1.807) is 19.4 Å². The third kappa shape index (κ3) is 4.00. The number of methoxy groups -OCH3 is 1. The predicted octanol–water partition coefficient (Wildman–Crippen LogP) is 2.63. The van der Waals surface area contributed by atoms with Gasteiger partial charge in [0.15, 0.2) is 0 Å². The Bertz CT molecular complexity index is 963. The van der Waals surface area contributed by atoms with Crippen LogP contribution in [0.2, 0.25) is 0 Å². The van der Waals surface area contributed by atoms with Gasteiger partial charge in [0.05, 0.1) is 38.8 Å². The molecule has 7 heteroatoms. The third-order valence-corrected chi connectivity index (χ3v) is 4.99. The van der Waals surface area contributed by atoms with Gasteiger partial charge in [-0.2, -0.15) is 5.10 Å². The van der Waals surface area contributed by atoms with Crippen LogP contribution >= 0.6 is 0 Å². The molecule has 0 saturated carbocycles. The maximum atomic E-state index is 12.8. The molecule has 4 rings (SSSR count). The summed E-state index contributed by atoms with van der Waals surface area (Å²) in [6.45, 7) is 5.18. The third-order valence-electron chi connectivity index (χ3n) is 4.99. The van der Waals surface area contributed by atoms with Crippen molar-refractivity contribution in [1.82, 2.24) is 14.7 Å². The number of hydrogen-bond donors (Lipinski definition) is 1. The van der Waals surface area contributed by atoms with Crippen LogP contribution in [0.4, 0.5) is 5.69 Å². The molecule has 1 N–H and O–H groups in total. The van der Waals surface area contributed by atoms with E-state index in [0.29, 0.717) is 11.3 Å². The van der Waals surface area contributed by atoms with E-state index in [2.05, 4.69) is 15.3 Å². The second kappa shape index (κ2) is 8.41. The molecule has 1 fully saturated rings. The van der Waals surface area contributed by atoms with Crippen LogP contribution in [-0.2, 0) is 11.3 Å². The van der Waals surface area contributed by atoms with Crippen molar-refractivity contribution in [1.29, 1.82) is 0 Å². The first-order chi connectivity index (χ1) is 13.7. The van der Waals surface area contributed by atoms with Gasteiger partial charge in [0.2, 0.25) is 0 Å². The zero-order chi connectivity index (χ0) is 19.3. The van der Waals surface area contributed by atoms with Gasteiger partial charge in [0.1, 0.15) is 5.75 Å². The minimum absolute atomic E-state index is 0.161. The van der Waals surface area contributed by atoms with Crippen LogP contribution < -0.4 is 10.1 Å². The average Bonchev–Trinajstić information content (AvgIpc) is 3.19. The maximum Gasteiger partial charge on any atom is 0.256 e. The molecule has 7 nitrogen and oxygen atoms in total. The number of carbonyl (C=O) groups excluding carboxylic acids is 1. The van der Waals surface area contributed by atoms with Gasteiger partial charge < -0.3 is 14.8 Å². The van der Waals surface area contributed by atoms with E-state index >= 15 is 0 Å². The number of morpholine rings is 1. The zero-order valence-corrected chi connectivity index (χ0v) is 15.9. The summed E-state index contributed by atoms with van der Waals surface area (Å²) in [5.74, 6) is 0.592. The van der Waals surface area contributed by atoms with Crippen LogP contribution in [0.1, 0.15) is 10.4 Å². The number of amides is 1. The van der Waals surface area contributed by atoms with Crippen molar-refractivity contribution in [3.63, 3.8) is 0 Å². The number of ether oxygens (including phenoxy) is 2. The minimum atomic E-state index is -0.161. The van der Waals surface area contributed by atoms with Gasteiger partial charge >= 0.3 is 0 Å². The molecule has 0 bridgehead atoms. The van der Waals surface area contributed by atoms with Crippen LogP contribution in [0.15, 0.2) is 48.8 Å². The van der Waals surface area contributed by atoms with Crippen molar-refractivity contribution < 1.29 is 14.3 Å². The number of nitrogens with one attached hydrogen (secondary N) is 1. The highest BCUT2D eigenvalue weighted by molar-refractivity contribution is 6.13. The molecule has 1 aliphatic rings. The number of rotatable bonds is 6. The van der Waals surface area contributed by atoms with Crippen LogP contribution in [0.5, 0.6) is 5.75 Å². The Balaban J connectivity index is 1.44. The van der Waals surface area contributed by atoms with Gasteiger partial charge in [-0.15, -0.1) is 0 Å². The summed E-state index contributed by atoms with van der Waals surface area (Å²) in [5, 5.41) is 9.09. The predicted molar refractivity (Wildman–Crippen MR) is 108 cm³/mol. The minimum Gasteiger partial charge on any atom is -0.496 e. The molecule has 0 aliphatic carbocycles. The number of nitrogens with zero attached hydrogens (tertiary/aromatic N) is 3. The fourth-order valence-electron chi connectivity index (χ4n) is 3.46. The van der Waals surface area contributed by atoms with Crippen molar-refractivity contribution >= 4 is 22.4 Å². The molecule has 0 spiro atoms. The number of aromatic nitrogens is 2. The van der Waals surface area contributed by atoms with E-state index in [4.69, 9.17) is 9.47 Å². The molecule has 28 heavy (non-hydrogen) atoms. The molecule has 146 valence electrons. The maximum absolute atomic E-state index is 12.8. The van der Waals surface area contributed by atoms with E-state index in [0.717, 1.165) is 55.9 Å². The second-order valence-electron chi connectivity index (χ2n) is 6.76. The molecule has 3 aromatic rings. The Kier molecular flexibility index (Phi) is 5.55. The SMILES string of the molecule is COc1ccc(C(=O)Nc2cnn(CCN3CCOCC3)c2)c2ccccc12. The fourth-order valence-corrected chi connectivity index (χ4v) is 3.46. The lowest BCUT2D eigenvalue weighted by atomic mass is 10.0. The number of hydrogen-bond acceptors (Lipinski definition) is 5. The molecule has 1 amide bonds. The lowest BCUT2D eigenvalue weighted by Crippen LogP contribution is -2.38. The lowest BCUT2D eigenvalue weighted by molar-refractivity contribution is 0.0360. The Morgan fingerprint density at radius 2 is 1.93 bits per heavy atom. The lowest BCUT2D eigenvalue weighted by Gasteiger charge is -2.26. The summed E-state index contributed by atoms with van der Waals surface area (Å²) in [5.41, 5.74) is 1.30. The summed E-state index contributed by atoms with van der Waals surface area (Å²) in [6, 6.07) is 11.3. The molecule has 1 saturated heterocycles. The van der Waals surface area contributed by atoms with Gasteiger partial charge in [-0.25, -0.2) is 0 Å². The molecule has 0 unspecified atom stereocenters. The average molecular weight is 380 g/mol. The molecule has 2 heterocycles. The van der Waals surface area contributed by atoms with Crippen LogP contribution in [0, 0.1) is 0 Å². The topological polar surface area (TPSA) is 68.6 Å². The Morgan fingerprint density at radius 1 is 1.14 bits per heavy atom. The monoisotopic (exact) mass is 380 g/mol. The van der Waals surface area contributed by atoms with Gasteiger partial charge in [0, 0.05) is 36.8 Å². The molecule has 0 atom stereocenters. The first-order valence-corrected chi connectivity index (χ1v) is 9.44. The molecular formula is C21H24N4O3. The quantitative estimate of drug-likeness (QED) is 0.712. The molecular weight excluding hydrogens is 356 g/mol. The van der Waals surface area contributed by atoms with Crippen molar-refractivity contribution in [3.8, 4) is 5.75 Å². The highest BCUT2D eigenvalue weighted by atomic mass is 16.5. The van der Waals surface area contributed by atoms with Gasteiger partial charge in [-0.05, 0) is 17.5 Å². The largest absolute Gasteiger partial charge is 0.496 e. The van der Waals surface area contributed by atoms with Crippen LogP contribution in [-0.4, -0.2) is 60.5 Å². The second-order valence-corrected chi connectivity index (χ2v) is 6.76. The van der Waals surface area contributed by atoms with E-state index < -0.39 is 0 Å². The first-order valence-electron chi connectivity index (χ1n) is 9.44. The van der Waals surface area contributed by atoms with Crippen molar-refractivity contribution in [3.05, 3.63) is 54.4 Å². The highest BCUT2D eigenvalue weighted by Crippen LogP contribution is 2.28. The smallest absolute Gasteiger partial charge is 0.256 e. The summed E-state index contributed by atoms with van der Waals surface area (Å²) >= 11 is 0. The van der Waals surface area contributed by atoms with E-state index in [-0.39, 0.29) is 5.91 Å². The summed E-state index contributed by atoms with van der Waals surface area (Å²) < 4.78 is 12.6. The van der Waals surface area contributed by atoms with Crippen molar-refractivity contribution in [2.24, 2.45) is 0 Å². The zero-order valence-electron chi connectivity index (χ0n) is 15.9. The van der Waals surface area contributed by atoms with Gasteiger partial charge in [-0.1, -0.05) is 24.3 Å². The summed E-state index contributed by atoms with van der Waals surface area (Å²) in [6.07, 6.45) is 3.55. The van der Waals surface area contributed by atoms with Crippen molar-refractivity contribution in [2.45, 2.75) is 6.54 Å². The Morgan fingerprint density at radius 3 is 2.71 bits per heavy atom. The molecule has 0 radical (unpaired) electrons. The standard InChI is InChI=1S/C21H24N4O3/c1-27-20-7-6-19(17-4-2-3-5-18(17)20)21(26)23-16-14-22-25(15-16)9-8-24-10-12-28-13-11-24/h2-7,14-15H,8-13H2,1H3,(H,23,26). The van der Waals surface area contributed by atoms with E-state index in [9.17, 15) is 4.79 Å². The highest BCUT2D eigenvalue weighted by Gasteiger charge is 2.14. The molecule has 1 aliphatic heterocycles. The first kappa shape index (κ1) is 18.5. The van der Waals surface area contributed by atoms with Crippen LogP contribution in [0.3, 0.4) is 0 Å². The number of anilines is 1. The Labute approximate surface area is 163 Å². The number of carbonyl (C=O) groups is 1. The summed E-state index contributed by atoms with van der Waals surface area (Å²) in [4.78, 5) is 15.2.